The first kappa shape index (κ1) is 16.0. The van der Waals surface area contributed by atoms with Gasteiger partial charge in [-0.15, -0.1) is 0 Å². The van der Waals surface area contributed by atoms with Crippen molar-refractivity contribution in [3.05, 3.63) is 0 Å². The summed E-state index contributed by atoms with van der Waals surface area (Å²) in [7, 11) is 0. The van der Waals surface area contributed by atoms with Gasteiger partial charge in [0, 0.05) is 25.0 Å². The number of carbonyl (C=O) groups excluding carboxylic acids is 2. The van der Waals surface area contributed by atoms with E-state index in [1.165, 1.54) is 12.8 Å². The molecule has 0 spiro atoms. The maximum atomic E-state index is 11.9. The third kappa shape index (κ3) is 6.57. The summed E-state index contributed by atoms with van der Waals surface area (Å²) in [6.07, 6.45) is 5.01. The monoisotopic (exact) mass is 269 g/mol. The van der Waals surface area contributed by atoms with Gasteiger partial charge < -0.3 is 16.0 Å². The average molecular weight is 269 g/mol. The van der Waals surface area contributed by atoms with E-state index in [2.05, 4.69) is 16.0 Å². The lowest BCUT2D eigenvalue weighted by Crippen LogP contribution is -2.46. The lowest BCUT2D eigenvalue weighted by molar-refractivity contribution is -0.124. The zero-order valence-corrected chi connectivity index (χ0v) is 12.3. The minimum absolute atomic E-state index is 0.0194. The van der Waals surface area contributed by atoms with Gasteiger partial charge >= 0.3 is 0 Å². The van der Waals surface area contributed by atoms with Crippen molar-refractivity contribution in [1.82, 2.24) is 16.0 Å². The Morgan fingerprint density at radius 2 is 1.79 bits per heavy atom. The second kappa shape index (κ2) is 8.15. The molecule has 1 atom stereocenters. The minimum atomic E-state index is -0.243. The smallest absolute Gasteiger partial charge is 0.237 e. The number of hydrogen-bond donors (Lipinski definition) is 3. The third-order valence-electron chi connectivity index (χ3n) is 3.35. The van der Waals surface area contributed by atoms with Crippen LogP contribution in [-0.2, 0) is 9.59 Å². The van der Waals surface area contributed by atoms with E-state index in [9.17, 15) is 9.59 Å². The first-order chi connectivity index (χ1) is 8.99. The van der Waals surface area contributed by atoms with Crippen LogP contribution < -0.4 is 16.0 Å². The molecule has 0 heterocycles. The van der Waals surface area contributed by atoms with Crippen molar-refractivity contribution in [2.24, 2.45) is 0 Å². The van der Waals surface area contributed by atoms with E-state index in [1.807, 2.05) is 20.8 Å². The van der Waals surface area contributed by atoms with Crippen molar-refractivity contribution in [3.8, 4) is 0 Å². The fraction of sp³-hybridized carbons (Fsp3) is 0.857. The Hall–Kier alpha value is -1.10. The highest BCUT2D eigenvalue weighted by atomic mass is 16.2. The molecule has 1 rings (SSSR count). The second-order valence-corrected chi connectivity index (χ2v) is 5.64. The van der Waals surface area contributed by atoms with Crippen molar-refractivity contribution in [3.63, 3.8) is 0 Å². The molecule has 110 valence electrons. The van der Waals surface area contributed by atoms with Crippen LogP contribution in [-0.4, -0.2) is 36.5 Å². The third-order valence-corrected chi connectivity index (χ3v) is 3.35. The summed E-state index contributed by atoms with van der Waals surface area (Å²) >= 11 is 0. The van der Waals surface area contributed by atoms with Crippen LogP contribution in [0.1, 0.15) is 52.9 Å². The molecule has 1 saturated carbocycles. The molecule has 1 unspecified atom stereocenters. The molecule has 0 aromatic carbocycles. The molecule has 5 heteroatoms. The van der Waals surface area contributed by atoms with Crippen LogP contribution >= 0.6 is 0 Å². The van der Waals surface area contributed by atoms with Gasteiger partial charge in [-0.1, -0.05) is 12.8 Å². The number of nitrogens with one attached hydrogen (secondary N) is 3. The molecule has 1 aliphatic carbocycles. The van der Waals surface area contributed by atoms with Crippen molar-refractivity contribution < 1.29 is 9.59 Å². The number of rotatable bonds is 7. The predicted molar refractivity (Wildman–Crippen MR) is 75.8 cm³/mol. The molecule has 1 aliphatic rings. The Kier molecular flexibility index (Phi) is 6.84. The lowest BCUT2D eigenvalue weighted by atomic mass is 10.2. The first-order valence-corrected chi connectivity index (χ1v) is 7.32. The molecular formula is C14H27N3O2. The van der Waals surface area contributed by atoms with Crippen molar-refractivity contribution in [1.29, 1.82) is 0 Å². The summed E-state index contributed by atoms with van der Waals surface area (Å²) in [6.45, 7) is 6.23. The summed E-state index contributed by atoms with van der Waals surface area (Å²) < 4.78 is 0. The van der Waals surface area contributed by atoms with Gasteiger partial charge in [0.15, 0.2) is 0 Å². The highest BCUT2D eigenvalue weighted by molar-refractivity contribution is 5.81. The summed E-state index contributed by atoms with van der Waals surface area (Å²) in [4.78, 5) is 23.3. The van der Waals surface area contributed by atoms with Crippen LogP contribution in [0.4, 0.5) is 0 Å². The van der Waals surface area contributed by atoms with Crippen LogP contribution in [0.2, 0.25) is 0 Å². The molecule has 0 aliphatic heterocycles. The highest BCUT2D eigenvalue weighted by Crippen LogP contribution is 2.17. The average Bonchev–Trinajstić information content (AvgIpc) is 2.80. The molecule has 0 saturated heterocycles. The fourth-order valence-corrected chi connectivity index (χ4v) is 2.29. The van der Waals surface area contributed by atoms with Gasteiger partial charge in [-0.25, -0.2) is 0 Å². The molecule has 3 N–H and O–H groups in total. The van der Waals surface area contributed by atoms with Gasteiger partial charge in [0.25, 0.3) is 0 Å². The summed E-state index contributed by atoms with van der Waals surface area (Å²) in [6, 6.07) is 0.268. The van der Waals surface area contributed by atoms with Crippen molar-refractivity contribution in [2.75, 3.05) is 6.54 Å². The van der Waals surface area contributed by atoms with Crippen LogP contribution in [0, 0.1) is 0 Å². The topological polar surface area (TPSA) is 70.2 Å². The number of amides is 2. The van der Waals surface area contributed by atoms with E-state index in [4.69, 9.17) is 0 Å². The molecule has 19 heavy (non-hydrogen) atoms. The fourth-order valence-electron chi connectivity index (χ4n) is 2.29. The molecule has 0 aromatic heterocycles. The summed E-state index contributed by atoms with van der Waals surface area (Å²) in [5.41, 5.74) is 0. The van der Waals surface area contributed by atoms with E-state index >= 15 is 0 Å². The zero-order valence-electron chi connectivity index (χ0n) is 12.3. The van der Waals surface area contributed by atoms with Crippen LogP contribution in [0.15, 0.2) is 0 Å². The number of carbonyl (C=O) groups is 2. The molecule has 2 amide bonds. The molecule has 5 nitrogen and oxygen atoms in total. The van der Waals surface area contributed by atoms with Gasteiger partial charge in [-0.05, 0) is 33.6 Å². The lowest BCUT2D eigenvalue weighted by Gasteiger charge is -2.17. The Labute approximate surface area is 115 Å². The van der Waals surface area contributed by atoms with E-state index in [1.54, 1.807) is 0 Å². The predicted octanol–water partition coefficient (Wildman–Crippen LogP) is 0.938. The van der Waals surface area contributed by atoms with Crippen LogP contribution in [0.3, 0.4) is 0 Å². The molecule has 0 bridgehead atoms. The van der Waals surface area contributed by atoms with Gasteiger partial charge in [0.1, 0.15) is 0 Å². The number of hydrogen-bond acceptors (Lipinski definition) is 3. The second-order valence-electron chi connectivity index (χ2n) is 5.64. The highest BCUT2D eigenvalue weighted by Gasteiger charge is 2.20. The van der Waals surface area contributed by atoms with Gasteiger partial charge in [-0.3, -0.25) is 9.59 Å². The van der Waals surface area contributed by atoms with Crippen LogP contribution in [0.25, 0.3) is 0 Å². The standard InChI is InChI=1S/C14H27N3O2/c1-10(2)16-13(18)8-9-15-11(3)14(19)17-12-6-4-5-7-12/h10-12,15H,4-9H2,1-3H3,(H,16,18)(H,17,19). The normalized spacial score (nSPS) is 17.5. The van der Waals surface area contributed by atoms with Gasteiger partial charge in [0.05, 0.1) is 6.04 Å². The Bertz CT molecular complexity index is 299. The van der Waals surface area contributed by atoms with E-state index in [0.29, 0.717) is 19.0 Å². The summed E-state index contributed by atoms with van der Waals surface area (Å²) in [5.74, 6) is 0.0575. The molecule has 0 radical (unpaired) electrons. The van der Waals surface area contributed by atoms with Crippen molar-refractivity contribution >= 4 is 11.8 Å². The SMILES string of the molecule is CC(C)NC(=O)CCNC(C)C(=O)NC1CCCC1. The summed E-state index contributed by atoms with van der Waals surface area (Å²) in [5, 5.41) is 8.96. The quantitative estimate of drug-likeness (QED) is 0.644. The molecule has 1 fully saturated rings. The van der Waals surface area contributed by atoms with Crippen LogP contribution in [0.5, 0.6) is 0 Å². The van der Waals surface area contributed by atoms with Crippen molar-refractivity contribution in [2.45, 2.75) is 71.0 Å². The molecular weight excluding hydrogens is 242 g/mol. The Morgan fingerprint density at radius 1 is 1.16 bits per heavy atom. The van der Waals surface area contributed by atoms with Gasteiger partial charge in [-0.2, -0.15) is 0 Å². The Balaban J connectivity index is 2.13. The largest absolute Gasteiger partial charge is 0.354 e. The van der Waals surface area contributed by atoms with E-state index in [0.717, 1.165) is 12.8 Å². The maximum absolute atomic E-state index is 11.9. The Morgan fingerprint density at radius 3 is 2.37 bits per heavy atom. The molecule has 0 aromatic rings. The zero-order chi connectivity index (χ0) is 14.3. The first-order valence-electron chi connectivity index (χ1n) is 7.32. The maximum Gasteiger partial charge on any atom is 0.237 e. The van der Waals surface area contributed by atoms with E-state index < -0.39 is 0 Å². The minimum Gasteiger partial charge on any atom is -0.354 e. The van der Waals surface area contributed by atoms with Gasteiger partial charge in [0.2, 0.25) is 11.8 Å². The van der Waals surface area contributed by atoms with E-state index in [-0.39, 0.29) is 23.9 Å².